The number of hydrogen-bond acceptors (Lipinski definition) is 4. The fraction of sp³-hybridized carbons (Fsp3) is 0.455. The SMILES string of the molecule is Cc1cc(Cl)c([N+](=O)[O-])cc1S(=O)(=O)NC1CC1C. The van der Waals surface area contributed by atoms with Crippen LogP contribution in [0.5, 0.6) is 0 Å². The molecule has 0 radical (unpaired) electrons. The molecule has 19 heavy (non-hydrogen) atoms. The van der Waals surface area contributed by atoms with E-state index in [1.165, 1.54) is 6.07 Å². The Morgan fingerprint density at radius 1 is 1.47 bits per heavy atom. The molecule has 2 atom stereocenters. The topological polar surface area (TPSA) is 89.3 Å². The van der Waals surface area contributed by atoms with E-state index in [1.54, 1.807) is 6.92 Å². The fourth-order valence-corrected chi connectivity index (χ4v) is 3.71. The summed E-state index contributed by atoms with van der Waals surface area (Å²) in [5.74, 6) is 0.303. The van der Waals surface area contributed by atoms with E-state index in [-0.39, 0.29) is 16.0 Å². The highest BCUT2D eigenvalue weighted by atomic mass is 35.5. The second-order valence-electron chi connectivity index (χ2n) is 4.77. The lowest BCUT2D eigenvalue weighted by Crippen LogP contribution is -2.27. The molecule has 104 valence electrons. The van der Waals surface area contributed by atoms with Gasteiger partial charge in [0.2, 0.25) is 10.0 Å². The molecule has 0 bridgehead atoms. The van der Waals surface area contributed by atoms with Crippen molar-refractivity contribution < 1.29 is 13.3 Å². The molecule has 1 aromatic carbocycles. The smallest absolute Gasteiger partial charge is 0.258 e. The van der Waals surface area contributed by atoms with Crippen LogP contribution in [-0.4, -0.2) is 19.4 Å². The third-order valence-corrected chi connectivity index (χ3v) is 5.08. The Bertz CT molecular complexity index is 644. The molecule has 0 amide bonds. The van der Waals surface area contributed by atoms with Crippen molar-refractivity contribution in [1.29, 1.82) is 0 Å². The largest absolute Gasteiger partial charge is 0.289 e. The first kappa shape index (κ1) is 14.2. The molecule has 1 aliphatic rings. The minimum absolute atomic E-state index is 0.0683. The van der Waals surface area contributed by atoms with Crippen molar-refractivity contribution in [1.82, 2.24) is 4.72 Å². The summed E-state index contributed by atoms with van der Waals surface area (Å²) in [6, 6.07) is 2.22. The average Bonchev–Trinajstić information content (AvgIpc) is 2.91. The molecule has 0 saturated heterocycles. The van der Waals surface area contributed by atoms with Crippen molar-refractivity contribution in [2.75, 3.05) is 0 Å². The van der Waals surface area contributed by atoms with Crippen LogP contribution < -0.4 is 4.72 Å². The van der Waals surface area contributed by atoms with E-state index in [2.05, 4.69) is 4.72 Å². The number of benzene rings is 1. The van der Waals surface area contributed by atoms with Gasteiger partial charge in [0.1, 0.15) is 5.02 Å². The van der Waals surface area contributed by atoms with Crippen molar-refractivity contribution in [2.45, 2.75) is 31.2 Å². The minimum Gasteiger partial charge on any atom is -0.258 e. The molecular formula is C11H13ClN2O4S. The number of hydrogen-bond donors (Lipinski definition) is 1. The number of rotatable bonds is 4. The molecule has 6 nitrogen and oxygen atoms in total. The van der Waals surface area contributed by atoms with Crippen LogP contribution in [0.15, 0.2) is 17.0 Å². The van der Waals surface area contributed by atoms with Gasteiger partial charge in [-0.3, -0.25) is 10.1 Å². The van der Waals surface area contributed by atoms with E-state index >= 15 is 0 Å². The lowest BCUT2D eigenvalue weighted by molar-refractivity contribution is -0.384. The molecule has 0 heterocycles. The lowest BCUT2D eigenvalue weighted by Gasteiger charge is -2.09. The van der Waals surface area contributed by atoms with Gasteiger partial charge in [-0.15, -0.1) is 0 Å². The number of sulfonamides is 1. The number of nitrogens with zero attached hydrogens (tertiary/aromatic N) is 1. The molecule has 0 aromatic heterocycles. The zero-order valence-corrected chi connectivity index (χ0v) is 12.0. The Labute approximate surface area is 116 Å². The highest BCUT2D eigenvalue weighted by Crippen LogP contribution is 2.33. The van der Waals surface area contributed by atoms with Gasteiger partial charge >= 0.3 is 0 Å². The third kappa shape index (κ3) is 2.88. The second kappa shape index (κ2) is 4.73. The van der Waals surface area contributed by atoms with E-state index in [9.17, 15) is 18.5 Å². The Morgan fingerprint density at radius 3 is 2.53 bits per heavy atom. The Balaban J connectivity index is 2.43. The van der Waals surface area contributed by atoms with Crippen LogP contribution in [-0.2, 0) is 10.0 Å². The molecule has 1 aromatic rings. The molecule has 1 N–H and O–H groups in total. The normalized spacial score (nSPS) is 22.3. The lowest BCUT2D eigenvalue weighted by atomic mass is 10.2. The molecule has 2 unspecified atom stereocenters. The molecule has 1 fully saturated rings. The first-order valence-corrected chi connectivity index (χ1v) is 7.55. The summed E-state index contributed by atoms with van der Waals surface area (Å²) in [7, 11) is -3.75. The second-order valence-corrected chi connectivity index (χ2v) is 6.86. The summed E-state index contributed by atoms with van der Waals surface area (Å²) in [6.07, 6.45) is 0.786. The summed E-state index contributed by atoms with van der Waals surface area (Å²) in [5, 5.41) is 10.7. The summed E-state index contributed by atoms with van der Waals surface area (Å²) >= 11 is 5.73. The first-order chi connectivity index (χ1) is 8.72. The van der Waals surface area contributed by atoms with Crippen molar-refractivity contribution in [3.8, 4) is 0 Å². The zero-order chi connectivity index (χ0) is 14.4. The summed E-state index contributed by atoms with van der Waals surface area (Å²) in [5.41, 5.74) is -0.0205. The van der Waals surface area contributed by atoms with Gasteiger partial charge in [0.15, 0.2) is 0 Å². The summed E-state index contributed by atoms with van der Waals surface area (Å²) in [6.45, 7) is 3.49. The number of aryl methyl sites for hydroxylation is 1. The molecule has 0 spiro atoms. The van der Waals surface area contributed by atoms with Crippen LogP contribution in [0, 0.1) is 23.0 Å². The predicted molar refractivity (Wildman–Crippen MR) is 70.7 cm³/mol. The van der Waals surface area contributed by atoms with Crippen LogP contribution in [0.3, 0.4) is 0 Å². The van der Waals surface area contributed by atoms with Crippen LogP contribution in [0.25, 0.3) is 0 Å². The highest BCUT2D eigenvalue weighted by molar-refractivity contribution is 7.89. The van der Waals surface area contributed by atoms with Gasteiger partial charge in [0, 0.05) is 12.1 Å². The summed E-state index contributed by atoms with van der Waals surface area (Å²) < 4.78 is 26.8. The van der Waals surface area contributed by atoms with Crippen molar-refractivity contribution >= 4 is 27.3 Å². The molecule has 1 aliphatic carbocycles. The van der Waals surface area contributed by atoms with Gasteiger partial charge in [0.05, 0.1) is 9.82 Å². The van der Waals surface area contributed by atoms with Crippen molar-refractivity contribution in [3.05, 3.63) is 32.8 Å². The van der Waals surface area contributed by atoms with Crippen LogP contribution in [0.4, 0.5) is 5.69 Å². The number of halogens is 1. The van der Waals surface area contributed by atoms with E-state index < -0.39 is 20.6 Å². The zero-order valence-electron chi connectivity index (χ0n) is 10.4. The standard InChI is InChI=1S/C11H13ClN2O4S/c1-6-4-9(6)13-19(17,18)11-5-10(14(15)16)8(12)3-7(11)2/h3,5-6,9,13H,4H2,1-2H3. The average molecular weight is 305 g/mol. The van der Waals surface area contributed by atoms with E-state index in [4.69, 9.17) is 11.6 Å². The Morgan fingerprint density at radius 2 is 2.05 bits per heavy atom. The van der Waals surface area contributed by atoms with Gasteiger partial charge in [0.25, 0.3) is 5.69 Å². The minimum atomic E-state index is -3.75. The molecule has 0 aliphatic heterocycles. The highest BCUT2D eigenvalue weighted by Gasteiger charge is 2.37. The van der Waals surface area contributed by atoms with Crippen LogP contribution in [0.1, 0.15) is 18.9 Å². The van der Waals surface area contributed by atoms with Crippen molar-refractivity contribution in [3.63, 3.8) is 0 Å². The number of nitro benzene ring substituents is 1. The monoisotopic (exact) mass is 304 g/mol. The molecule has 8 heteroatoms. The maximum atomic E-state index is 12.2. The van der Waals surface area contributed by atoms with Gasteiger partial charge in [-0.2, -0.15) is 0 Å². The quantitative estimate of drug-likeness (QED) is 0.682. The third-order valence-electron chi connectivity index (χ3n) is 3.15. The van der Waals surface area contributed by atoms with Crippen LogP contribution in [0.2, 0.25) is 5.02 Å². The number of nitrogens with one attached hydrogen (secondary N) is 1. The fourth-order valence-electron chi connectivity index (χ4n) is 1.82. The maximum absolute atomic E-state index is 12.2. The molecule has 2 rings (SSSR count). The van der Waals surface area contributed by atoms with E-state index in [0.29, 0.717) is 11.5 Å². The Kier molecular flexibility index (Phi) is 3.55. The van der Waals surface area contributed by atoms with Crippen LogP contribution >= 0.6 is 11.6 Å². The maximum Gasteiger partial charge on any atom is 0.289 e. The van der Waals surface area contributed by atoms with E-state index in [1.807, 2.05) is 6.92 Å². The van der Waals surface area contributed by atoms with Gasteiger partial charge in [-0.1, -0.05) is 18.5 Å². The molecule has 1 saturated carbocycles. The van der Waals surface area contributed by atoms with Gasteiger partial charge in [-0.25, -0.2) is 13.1 Å². The van der Waals surface area contributed by atoms with Gasteiger partial charge in [-0.05, 0) is 30.9 Å². The molecular weight excluding hydrogens is 292 g/mol. The predicted octanol–water partition coefficient (Wildman–Crippen LogP) is 2.24. The number of nitro groups is 1. The first-order valence-electron chi connectivity index (χ1n) is 5.69. The van der Waals surface area contributed by atoms with Crippen molar-refractivity contribution in [2.24, 2.45) is 5.92 Å². The van der Waals surface area contributed by atoms with Gasteiger partial charge < -0.3 is 0 Å². The summed E-state index contributed by atoms with van der Waals surface area (Å²) in [4.78, 5) is 10.0. The Hall–Kier alpha value is -1.18. The van der Waals surface area contributed by atoms with E-state index in [0.717, 1.165) is 12.5 Å².